The first-order valence-corrected chi connectivity index (χ1v) is 14.3. The highest BCUT2D eigenvalue weighted by Crippen LogP contribution is 2.43. The van der Waals surface area contributed by atoms with Gasteiger partial charge in [0.15, 0.2) is 0 Å². The second kappa shape index (κ2) is 10.1. The van der Waals surface area contributed by atoms with Crippen LogP contribution < -0.4 is 4.90 Å². The summed E-state index contributed by atoms with van der Waals surface area (Å²) in [6, 6.07) is 58.0. The summed E-state index contributed by atoms with van der Waals surface area (Å²) < 4.78 is 6.16. The highest BCUT2D eigenvalue weighted by Gasteiger charge is 2.19. The molecule has 0 aliphatic heterocycles. The zero-order valence-electron chi connectivity index (χ0n) is 22.9. The molecule has 42 heavy (non-hydrogen) atoms. The highest BCUT2D eigenvalue weighted by atomic mass is 16.3. The summed E-state index contributed by atoms with van der Waals surface area (Å²) in [5.41, 5.74) is 9.88. The van der Waals surface area contributed by atoms with E-state index in [0.717, 1.165) is 39.0 Å². The molecular weight excluding hydrogens is 510 g/mol. The van der Waals surface area contributed by atoms with Crippen LogP contribution in [0, 0.1) is 0 Å². The van der Waals surface area contributed by atoms with Crippen LogP contribution in [0.1, 0.15) is 0 Å². The van der Waals surface area contributed by atoms with Gasteiger partial charge in [0.05, 0.1) is 5.69 Å². The van der Waals surface area contributed by atoms with Crippen LogP contribution in [0.4, 0.5) is 17.1 Å². The molecule has 0 saturated carbocycles. The van der Waals surface area contributed by atoms with Crippen molar-refractivity contribution in [2.45, 2.75) is 0 Å². The van der Waals surface area contributed by atoms with E-state index in [9.17, 15) is 0 Å². The maximum Gasteiger partial charge on any atom is 0.135 e. The largest absolute Gasteiger partial charge is 0.456 e. The summed E-state index contributed by atoms with van der Waals surface area (Å²) in [5, 5.41) is 4.74. The van der Waals surface area contributed by atoms with E-state index in [0.29, 0.717) is 0 Å². The number of furan rings is 1. The van der Waals surface area contributed by atoms with Crippen molar-refractivity contribution < 1.29 is 4.42 Å². The summed E-state index contributed by atoms with van der Waals surface area (Å²) in [5.74, 6) is 0. The lowest BCUT2D eigenvalue weighted by Crippen LogP contribution is -2.11. The third kappa shape index (κ3) is 4.13. The van der Waals surface area contributed by atoms with Crippen LogP contribution in [0.5, 0.6) is 0 Å². The number of nitrogens with zero attached hydrogens (tertiary/aromatic N) is 1. The van der Waals surface area contributed by atoms with Crippen molar-refractivity contribution in [3.63, 3.8) is 0 Å². The first kappa shape index (κ1) is 24.2. The molecule has 0 radical (unpaired) electrons. The Labute approximate surface area is 244 Å². The number of benzene rings is 7. The predicted octanol–water partition coefficient (Wildman–Crippen LogP) is 11.5. The summed E-state index contributed by atoms with van der Waals surface area (Å²) >= 11 is 0. The van der Waals surface area contributed by atoms with Crippen LogP contribution in [-0.2, 0) is 0 Å². The minimum atomic E-state index is 0.893. The van der Waals surface area contributed by atoms with E-state index >= 15 is 0 Å². The Morgan fingerprint density at radius 3 is 1.93 bits per heavy atom. The number of fused-ring (bicyclic) bond motifs is 4. The number of hydrogen-bond acceptors (Lipinski definition) is 2. The van der Waals surface area contributed by atoms with Gasteiger partial charge in [-0.05, 0) is 76.0 Å². The van der Waals surface area contributed by atoms with E-state index < -0.39 is 0 Å². The van der Waals surface area contributed by atoms with Crippen molar-refractivity contribution in [3.05, 3.63) is 164 Å². The maximum atomic E-state index is 6.16. The zero-order valence-corrected chi connectivity index (χ0v) is 22.9. The van der Waals surface area contributed by atoms with Crippen molar-refractivity contribution >= 4 is 49.8 Å². The Balaban J connectivity index is 1.31. The minimum Gasteiger partial charge on any atom is -0.456 e. The Bertz CT molecular complexity index is 2200. The third-order valence-electron chi connectivity index (χ3n) is 8.05. The lowest BCUT2D eigenvalue weighted by Gasteiger charge is -2.28. The number of anilines is 3. The first-order valence-electron chi connectivity index (χ1n) is 14.3. The fourth-order valence-corrected chi connectivity index (χ4v) is 6.10. The molecule has 7 aromatic carbocycles. The molecule has 0 aliphatic rings. The Hall–Kier alpha value is -5.60. The molecule has 0 bridgehead atoms. The lowest BCUT2D eigenvalue weighted by molar-refractivity contribution is 0.669. The van der Waals surface area contributed by atoms with E-state index in [-0.39, 0.29) is 0 Å². The van der Waals surface area contributed by atoms with E-state index in [4.69, 9.17) is 4.42 Å². The molecular formula is C40H27NO. The Morgan fingerprint density at radius 1 is 0.381 bits per heavy atom. The van der Waals surface area contributed by atoms with Crippen molar-refractivity contribution in [1.29, 1.82) is 0 Å². The van der Waals surface area contributed by atoms with Gasteiger partial charge in [-0.1, -0.05) is 115 Å². The highest BCUT2D eigenvalue weighted by molar-refractivity contribution is 6.07. The summed E-state index contributed by atoms with van der Waals surface area (Å²) in [7, 11) is 0. The van der Waals surface area contributed by atoms with Gasteiger partial charge in [-0.3, -0.25) is 0 Å². The average Bonchev–Trinajstić information content (AvgIpc) is 3.44. The van der Waals surface area contributed by atoms with E-state index in [1.807, 2.05) is 12.1 Å². The molecule has 0 aliphatic carbocycles. The molecule has 0 unspecified atom stereocenters. The number of rotatable bonds is 5. The SMILES string of the molecule is c1ccc(N(c2ccc3oc4ccccc4c3c2)c2ccccc2-c2cccc(-c3cccc4ccccc34)c2)cc1. The zero-order chi connectivity index (χ0) is 27.9. The third-order valence-corrected chi connectivity index (χ3v) is 8.05. The first-order chi connectivity index (χ1) is 20.8. The molecule has 198 valence electrons. The van der Waals surface area contributed by atoms with Gasteiger partial charge in [0, 0.05) is 27.7 Å². The van der Waals surface area contributed by atoms with Crippen LogP contribution in [-0.4, -0.2) is 0 Å². The van der Waals surface area contributed by atoms with Gasteiger partial charge in [0.25, 0.3) is 0 Å². The van der Waals surface area contributed by atoms with Crippen LogP contribution >= 0.6 is 0 Å². The second-order valence-corrected chi connectivity index (χ2v) is 10.6. The molecule has 2 heteroatoms. The van der Waals surface area contributed by atoms with Gasteiger partial charge in [0.1, 0.15) is 11.2 Å². The molecule has 8 aromatic rings. The van der Waals surface area contributed by atoms with Crippen molar-refractivity contribution in [2.75, 3.05) is 4.90 Å². The molecule has 0 N–H and O–H groups in total. The van der Waals surface area contributed by atoms with E-state index in [2.05, 4.69) is 157 Å². The van der Waals surface area contributed by atoms with Crippen LogP contribution in [0.25, 0.3) is 55.0 Å². The Kier molecular flexibility index (Phi) is 5.82. The van der Waals surface area contributed by atoms with Gasteiger partial charge >= 0.3 is 0 Å². The summed E-state index contributed by atoms with van der Waals surface area (Å²) in [4.78, 5) is 2.35. The van der Waals surface area contributed by atoms with E-state index in [1.165, 1.54) is 33.0 Å². The van der Waals surface area contributed by atoms with Crippen molar-refractivity contribution in [2.24, 2.45) is 0 Å². The normalized spacial score (nSPS) is 11.3. The predicted molar refractivity (Wildman–Crippen MR) is 177 cm³/mol. The molecule has 0 amide bonds. The van der Waals surface area contributed by atoms with Gasteiger partial charge in [0.2, 0.25) is 0 Å². The molecule has 0 fully saturated rings. The van der Waals surface area contributed by atoms with Crippen LogP contribution in [0.3, 0.4) is 0 Å². The summed E-state index contributed by atoms with van der Waals surface area (Å²) in [6.45, 7) is 0. The van der Waals surface area contributed by atoms with E-state index in [1.54, 1.807) is 0 Å². The lowest BCUT2D eigenvalue weighted by atomic mass is 9.94. The van der Waals surface area contributed by atoms with Crippen molar-refractivity contribution in [3.8, 4) is 22.3 Å². The standard InChI is InChI=1S/C40H27NO/c1-2-16-31(17-3-1)41(32-24-25-40-37(27-32)36-20-7-9-23-39(36)42-40)38-22-8-6-19-35(38)30-15-10-14-29(26-30)34-21-11-13-28-12-4-5-18-33(28)34/h1-27H. The molecule has 0 spiro atoms. The molecule has 1 aromatic heterocycles. The Morgan fingerprint density at radius 2 is 1.02 bits per heavy atom. The second-order valence-electron chi connectivity index (χ2n) is 10.6. The van der Waals surface area contributed by atoms with Crippen molar-refractivity contribution in [1.82, 2.24) is 0 Å². The topological polar surface area (TPSA) is 16.4 Å². The van der Waals surface area contributed by atoms with Gasteiger partial charge in [-0.15, -0.1) is 0 Å². The molecule has 8 rings (SSSR count). The van der Waals surface area contributed by atoms with Crippen LogP contribution in [0.15, 0.2) is 168 Å². The number of para-hydroxylation sites is 3. The van der Waals surface area contributed by atoms with Gasteiger partial charge < -0.3 is 9.32 Å². The smallest absolute Gasteiger partial charge is 0.135 e. The minimum absolute atomic E-state index is 0.893. The average molecular weight is 538 g/mol. The van der Waals surface area contributed by atoms with Gasteiger partial charge in [-0.25, -0.2) is 0 Å². The quantitative estimate of drug-likeness (QED) is 0.217. The monoisotopic (exact) mass is 537 g/mol. The fourth-order valence-electron chi connectivity index (χ4n) is 6.10. The van der Waals surface area contributed by atoms with Crippen LogP contribution in [0.2, 0.25) is 0 Å². The molecule has 1 heterocycles. The molecule has 2 nitrogen and oxygen atoms in total. The fraction of sp³-hybridized carbons (Fsp3) is 0. The maximum absolute atomic E-state index is 6.16. The molecule has 0 atom stereocenters. The van der Waals surface area contributed by atoms with Gasteiger partial charge in [-0.2, -0.15) is 0 Å². The molecule has 0 saturated heterocycles. The number of hydrogen-bond donors (Lipinski definition) is 0. The summed E-state index contributed by atoms with van der Waals surface area (Å²) in [6.07, 6.45) is 0.